The molecule has 0 aliphatic carbocycles. The minimum absolute atomic E-state index is 0.0837. The number of rotatable bonds is 5. The van der Waals surface area contributed by atoms with Gasteiger partial charge in [0.05, 0.1) is 0 Å². The number of carbonyl (C=O) groups is 1. The van der Waals surface area contributed by atoms with Gasteiger partial charge in [0.1, 0.15) is 11.6 Å². The molecule has 25 heavy (non-hydrogen) atoms. The van der Waals surface area contributed by atoms with Crippen molar-refractivity contribution in [2.24, 2.45) is 0 Å². The number of hydrogen-bond donors (Lipinski definition) is 1. The fourth-order valence-electron chi connectivity index (χ4n) is 3.08. The third kappa shape index (κ3) is 3.05. The SMILES string of the molecule is C=CCNC(=O)/C(C#N)=C/c1ccc2c(c1)c1ccccc1n2CC. The van der Waals surface area contributed by atoms with Gasteiger partial charge in [0.25, 0.3) is 5.91 Å². The normalized spacial score (nSPS) is 11.4. The maximum Gasteiger partial charge on any atom is 0.262 e. The van der Waals surface area contributed by atoms with Crippen LogP contribution in [0.3, 0.4) is 0 Å². The molecule has 1 aromatic heterocycles. The second-order valence-electron chi connectivity index (χ2n) is 5.71. The average Bonchev–Trinajstić information content (AvgIpc) is 2.97. The topological polar surface area (TPSA) is 57.8 Å². The van der Waals surface area contributed by atoms with Crippen molar-refractivity contribution >= 4 is 33.8 Å². The molecule has 0 fully saturated rings. The summed E-state index contributed by atoms with van der Waals surface area (Å²) in [5.41, 5.74) is 3.25. The lowest BCUT2D eigenvalue weighted by Crippen LogP contribution is -2.24. The first-order valence-corrected chi connectivity index (χ1v) is 8.21. The average molecular weight is 329 g/mol. The predicted molar refractivity (Wildman–Crippen MR) is 102 cm³/mol. The molecule has 1 N–H and O–H groups in total. The summed E-state index contributed by atoms with van der Waals surface area (Å²) in [6, 6.07) is 16.2. The van der Waals surface area contributed by atoms with Crippen molar-refractivity contribution in [2.45, 2.75) is 13.5 Å². The van der Waals surface area contributed by atoms with E-state index in [1.807, 2.05) is 36.4 Å². The Hall–Kier alpha value is -3.32. The van der Waals surface area contributed by atoms with Crippen LogP contribution in [0, 0.1) is 11.3 Å². The van der Waals surface area contributed by atoms with E-state index < -0.39 is 5.91 Å². The summed E-state index contributed by atoms with van der Waals surface area (Å²) in [7, 11) is 0. The molecule has 3 aromatic rings. The first-order chi connectivity index (χ1) is 12.2. The van der Waals surface area contributed by atoms with Gasteiger partial charge >= 0.3 is 0 Å². The molecule has 2 aromatic carbocycles. The molecule has 0 atom stereocenters. The number of carbonyl (C=O) groups excluding carboxylic acids is 1. The fraction of sp³-hybridized carbons (Fsp3) is 0.143. The maximum absolute atomic E-state index is 12.0. The van der Waals surface area contributed by atoms with Gasteiger partial charge in [-0.2, -0.15) is 5.26 Å². The van der Waals surface area contributed by atoms with E-state index in [9.17, 15) is 10.1 Å². The Balaban J connectivity index is 2.11. The van der Waals surface area contributed by atoms with Crippen LogP contribution in [0.4, 0.5) is 0 Å². The lowest BCUT2D eigenvalue weighted by molar-refractivity contribution is -0.116. The van der Waals surface area contributed by atoms with Crippen molar-refractivity contribution in [1.29, 1.82) is 5.26 Å². The number of nitrogens with zero attached hydrogens (tertiary/aromatic N) is 2. The van der Waals surface area contributed by atoms with Crippen molar-refractivity contribution in [1.82, 2.24) is 9.88 Å². The molecule has 3 rings (SSSR count). The summed E-state index contributed by atoms with van der Waals surface area (Å²) in [6.07, 6.45) is 3.20. The van der Waals surface area contributed by atoms with Gasteiger partial charge in [-0.25, -0.2) is 0 Å². The highest BCUT2D eigenvalue weighted by atomic mass is 16.1. The number of para-hydroxylation sites is 1. The van der Waals surface area contributed by atoms with E-state index in [0.717, 1.165) is 23.0 Å². The second kappa shape index (κ2) is 7.06. The predicted octanol–water partition coefficient (Wildman–Crippen LogP) is 4.02. The summed E-state index contributed by atoms with van der Waals surface area (Å²) in [5.74, 6) is -0.390. The molecule has 0 unspecified atom stereocenters. The minimum atomic E-state index is -0.390. The van der Waals surface area contributed by atoms with E-state index in [0.29, 0.717) is 6.54 Å². The summed E-state index contributed by atoms with van der Waals surface area (Å²) < 4.78 is 2.26. The first kappa shape index (κ1) is 16.5. The molecule has 0 saturated heterocycles. The molecule has 0 spiro atoms. The molecule has 0 aliphatic heterocycles. The number of aromatic nitrogens is 1. The highest BCUT2D eigenvalue weighted by molar-refractivity contribution is 6.09. The van der Waals surface area contributed by atoms with Gasteiger partial charge in [-0.15, -0.1) is 6.58 Å². The Labute approximate surface area is 146 Å². The molecule has 4 nitrogen and oxygen atoms in total. The molecule has 0 radical (unpaired) electrons. The third-order valence-corrected chi connectivity index (χ3v) is 4.20. The van der Waals surface area contributed by atoms with Crippen molar-refractivity contribution in [3.8, 4) is 6.07 Å². The molecular weight excluding hydrogens is 310 g/mol. The minimum Gasteiger partial charge on any atom is -0.348 e. The maximum atomic E-state index is 12.0. The lowest BCUT2D eigenvalue weighted by Gasteiger charge is -2.03. The largest absolute Gasteiger partial charge is 0.348 e. The molecule has 4 heteroatoms. The lowest BCUT2D eigenvalue weighted by atomic mass is 10.1. The van der Waals surface area contributed by atoms with Crippen LogP contribution in [-0.4, -0.2) is 17.0 Å². The zero-order valence-electron chi connectivity index (χ0n) is 14.1. The standard InChI is InChI=1S/C21H19N3O/c1-3-11-23-21(25)16(14-22)12-15-9-10-20-18(13-15)17-7-5-6-8-19(17)24(20)4-2/h3,5-10,12-13H,1,4,11H2,2H3,(H,23,25)/b16-12+. The summed E-state index contributed by atoms with van der Waals surface area (Å²) >= 11 is 0. The van der Waals surface area contributed by atoms with Crippen LogP contribution in [0.15, 0.2) is 60.7 Å². The number of fused-ring (bicyclic) bond motifs is 3. The van der Waals surface area contributed by atoms with E-state index in [1.54, 1.807) is 12.2 Å². The molecular formula is C21H19N3O. The number of benzene rings is 2. The zero-order chi connectivity index (χ0) is 17.8. The zero-order valence-corrected chi connectivity index (χ0v) is 14.1. The van der Waals surface area contributed by atoms with Gasteiger partial charge < -0.3 is 9.88 Å². The van der Waals surface area contributed by atoms with E-state index in [-0.39, 0.29) is 5.57 Å². The molecule has 1 heterocycles. The van der Waals surface area contributed by atoms with E-state index in [2.05, 4.69) is 35.5 Å². The summed E-state index contributed by atoms with van der Waals surface area (Å²) in [4.78, 5) is 12.0. The summed E-state index contributed by atoms with van der Waals surface area (Å²) in [5, 5.41) is 14.2. The summed E-state index contributed by atoms with van der Waals surface area (Å²) in [6.45, 7) is 6.89. The highest BCUT2D eigenvalue weighted by Crippen LogP contribution is 2.30. The fourth-order valence-corrected chi connectivity index (χ4v) is 3.08. The van der Waals surface area contributed by atoms with Crippen LogP contribution in [0.5, 0.6) is 0 Å². The first-order valence-electron chi connectivity index (χ1n) is 8.21. The van der Waals surface area contributed by atoms with Crippen molar-refractivity contribution in [3.63, 3.8) is 0 Å². The molecule has 124 valence electrons. The van der Waals surface area contributed by atoms with Gasteiger partial charge in [0, 0.05) is 34.9 Å². The quantitative estimate of drug-likeness (QED) is 0.436. The Kier molecular flexibility index (Phi) is 4.67. The molecule has 0 bridgehead atoms. The van der Waals surface area contributed by atoms with Crippen LogP contribution in [0.25, 0.3) is 27.9 Å². The Morgan fingerprint density at radius 3 is 2.72 bits per heavy atom. The van der Waals surface area contributed by atoms with Crippen LogP contribution in [-0.2, 0) is 11.3 Å². The van der Waals surface area contributed by atoms with Crippen LogP contribution >= 0.6 is 0 Å². The van der Waals surface area contributed by atoms with Crippen molar-refractivity contribution in [2.75, 3.05) is 6.54 Å². The van der Waals surface area contributed by atoms with E-state index in [4.69, 9.17) is 0 Å². The smallest absolute Gasteiger partial charge is 0.262 e. The number of nitrogens with one attached hydrogen (secondary N) is 1. The van der Waals surface area contributed by atoms with Crippen molar-refractivity contribution in [3.05, 3.63) is 66.3 Å². The third-order valence-electron chi connectivity index (χ3n) is 4.20. The van der Waals surface area contributed by atoms with Gasteiger partial charge in [-0.3, -0.25) is 4.79 Å². The molecule has 1 amide bonds. The number of aryl methyl sites for hydroxylation is 1. The van der Waals surface area contributed by atoms with Crippen molar-refractivity contribution < 1.29 is 4.79 Å². The van der Waals surface area contributed by atoms with Crippen LogP contribution < -0.4 is 5.32 Å². The number of nitriles is 1. The molecule has 0 aliphatic rings. The van der Waals surface area contributed by atoms with Gasteiger partial charge in [-0.1, -0.05) is 30.3 Å². The van der Waals surface area contributed by atoms with Gasteiger partial charge in [-0.05, 0) is 36.8 Å². The van der Waals surface area contributed by atoms with Crippen LogP contribution in [0.1, 0.15) is 12.5 Å². The Bertz CT molecular complexity index is 1030. The second-order valence-corrected chi connectivity index (χ2v) is 5.71. The Morgan fingerprint density at radius 2 is 2.00 bits per heavy atom. The highest BCUT2D eigenvalue weighted by Gasteiger charge is 2.11. The van der Waals surface area contributed by atoms with Gasteiger partial charge in [0.2, 0.25) is 0 Å². The number of amides is 1. The number of hydrogen-bond acceptors (Lipinski definition) is 2. The van der Waals surface area contributed by atoms with Crippen LogP contribution in [0.2, 0.25) is 0 Å². The monoisotopic (exact) mass is 329 g/mol. The molecule has 0 saturated carbocycles. The van der Waals surface area contributed by atoms with E-state index in [1.165, 1.54) is 10.9 Å². The Morgan fingerprint density at radius 1 is 1.24 bits per heavy atom. The van der Waals surface area contributed by atoms with Gasteiger partial charge in [0.15, 0.2) is 0 Å². The van der Waals surface area contributed by atoms with E-state index >= 15 is 0 Å².